The topological polar surface area (TPSA) is 17.1 Å². The average Bonchev–Trinajstić information content (AvgIpc) is 1.94. The van der Waals surface area contributed by atoms with E-state index in [4.69, 9.17) is 0 Å². The van der Waals surface area contributed by atoms with Gasteiger partial charge < -0.3 is 0 Å². The van der Waals surface area contributed by atoms with Crippen LogP contribution in [0.25, 0.3) is 0 Å². The number of hydrogen-bond donors (Lipinski definition) is 0. The molecule has 11 heavy (non-hydrogen) atoms. The molecular formula is C10H11O. The summed E-state index contributed by atoms with van der Waals surface area (Å²) in [6.07, 6.45) is 0. The third-order valence-electron chi connectivity index (χ3n) is 1.69. The largest absolute Gasteiger partial charge is 0.294 e. The van der Waals surface area contributed by atoms with Crippen LogP contribution in [0.2, 0.25) is 0 Å². The van der Waals surface area contributed by atoms with Crippen LogP contribution in [0.1, 0.15) is 21.5 Å². The molecule has 0 aromatic heterocycles. The summed E-state index contributed by atoms with van der Waals surface area (Å²) >= 11 is 0. The summed E-state index contributed by atoms with van der Waals surface area (Å²) < 4.78 is 0. The Labute approximate surface area is 67.1 Å². The zero-order valence-electron chi connectivity index (χ0n) is 6.85. The molecule has 1 heteroatoms. The standard InChI is InChI=1S/C10H11O/c1-7-4-5-8(2)10(6-7)9(3)11/h4-6H,3H2,1-2H3. The van der Waals surface area contributed by atoms with E-state index >= 15 is 0 Å². The van der Waals surface area contributed by atoms with E-state index in [9.17, 15) is 4.79 Å². The number of carbonyl (C=O) groups is 1. The lowest BCUT2D eigenvalue weighted by molar-refractivity contribution is 0.104. The second kappa shape index (κ2) is 2.87. The zero-order chi connectivity index (χ0) is 8.43. The van der Waals surface area contributed by atoms with Gasteiger partial charge in [-0.3, -0.25) is 4.79 Å². The lowest BCUT2D eigenvalue weighted by Gasteiger charge is -2.01. The van der Waals surface area contributed by atoms with Gasteiger partial charge in [0.1, 0.15) is 0 Å². The molecule has 0 aliphatic carbocycles. The summed E-state index contributed by atoms with van der Waals surface area (Å²) in [5, 5.41) is 0. The molecule has 0 aliphatic rings. The van der Waals surface area contributed by atoms with Gasteiger partial charge in [0.25, 0.3) is 0 Å². The number of aryl methyl sites for hydroxylation is 2. The van der Waals surface area contributed by atoms with E-state index in [0.29, 0.717) is 0 Å². The van der Waals surface area contributed by atoms with Crippen LogP contribution in [0.5, 0.6) is 0 Å². The number of benzene rings is 1. The summed E-state index contributed by atoms with van der Waals surface area (Å²) in [4.78, 5) is 10.9. The molecule has 0 fully saturated rings. The van der Waals surface area contributed by atoms with E-state index in [0.717, 1.165) is 16.7 Å². The normalized spacial score (nSPS) is 9.73. The molecule has 0 aliphatic heterocycles. The van der Waals surface area contributed by atoms with Crippen molar-refractivity contribution in [1.82, 2.24) is 0 Å². The first-order valence-electron chi connectivity index (χ1n) is 3.55. The predicted molar refractivity (Wildman–Crippen MR) is 45.6 cm³/mol. The van der Waals surface area contributed by atoms with Crippen LogP contribution in [0, 0.1) is 20.8 Å². The molecule has 1 aromatic carbocycles. The molecule has 0 bridgehead atoms. The van der Waals surface area contributed by atoms with Gasteiger partial charge in [-0.1, -0.05) is 17.7 Å². The maximum absolute atomic E-state index is 10.9. The van der Waals surface area contributed by atoms with Crippen molar-refractivity contribution in [3.63, 3.8) is 0 Å². The highest BCUT2D eigenvalue weighted by Crippen LogP contribution is 2.10. The van der Waals surface area contributed by atoms with Crippen molar-refractivity contribution in [2.75, 3.05) is 0 Å². The summed E-state index contributed by atoms with van der Waals surface area (Å²) in [7, 11) is 0. The highest BCUT2D eigenvalue weighted by Gasteiger charge is 2.02. The second-order valence-electron chi connectivity index (χ2n) is 2.74. The first kappa shape index (κ1) is 7.99. The molecule has 1 aromatic rings. The molecule has 57 valence electrons. The highest BCUT2D eigenvalue weighted by molar-refractivity contribution is 6.00. The Balaban J connectivity index is 3.23. The minimum absolute atomic E-state index is 0.105. The number of carbonyl (C=O) groups excluding carboxylic acids is 1. The van der Waals surface area contributed by atoms with Gasteiger partial charge >= 0.3 is 0 Å². The SMILES string of the molecule is [CH2]C(=O)c1cc(C)ccc1C. The fourth-order valence-electron chi connectivity index (χ4n) is 1.04. The van der Waals surface area contributed by atoms with Crippen molar-refractivity contribution < 1.29 is 4.79 Å². The Morgan fingerprint density at radius 2 is 2.00 bits per heavy atom. The fraction of sp³-hybridized carbons (Fsp3) is 0.200. The molecular weight excluding hydrogens is 136 g/mol. The van der Waals surface area contributed by atoms with E-state index < -0.39 is 0 Å². The van der Waals surface area contributed by atoms with Gasteiger partial charge in [0.2, 0.25) is 0 Å². The maximum atomic E-state index is 10.9. The summed E-state index contributed by atoms with van der Waals surface area (Å²) in [5.41, 5.74) is 2.82. The second-order valence-corrected chi connectivity index (χ2v) is 2.74. The van der Waals surface area contributed by atoms with Crippen LogP contribution < -0.4 is 0 Å². The Bertz CT molecular complexity index is 287. The summed E-state index contributed by atoms with van der Waals surface area (Å²) in [6.45, 7) is 7.25. The van der Waals surface area contributed by atoms with Crippen LogP contribution in [0.3, 0.4) is 0 Å². The summed E-state index contributed by atoms with van der Waals surface area (Å²) in [5.74, 6) is -0.105. The first-order chi connectivity index (χ1) is 5.11. The van der Waals surface area contributed by atoms with E-state index in [-0.39, 0.29) is 5.78 Å². The van der Waals surface area contributed by atoms with Gasteiger partial charge in [-0.25, -0.2) is 0 Å². The third-order valence-corrected chi connectivity index (χ3v) is 1.69. The van der Waals surface area contributed by atoms with Crippen molar-refractivity contribution in [1.29, 1.82) is 0 Å². The summed E-state index contributed by atoms with van der Waals surface area (Å²) in [6, 6.07) is 5.79. The molecule has 1 radical (unpaired) electrons. The van der Waals surface area contributed by atoms with Gasteiger partial charge in [-0.05, 0) is 25.5 Å². The first-order valence-corrected chi connectivity index (χ1v) is 3.55. The van der Waals surface area contributed by atoms with Crippen molar-refractivity contribution in [2.45, 2.75) is 13.8 Å². The van der Waals surface area contributed by atoms with Crippen molar-refractivity contribution in [3.05, 3.63) is 41.8 Å². The quantitative estimate of drug-likeness (QED) is 0.557. The predicted octanol–water partition coefficient (Wildman–Crippen LogP) is 2.32. The van der Waals surface area contributed by atoms with E-state index in [1.54, 1.807) is 0 Å². The molecule has 0 saturated carbocycles. The zero-order valence-corrected chi connectivity index (χ0v) is 6.85. The lowest BCUT2D eigenvalue weighted by atomic mass is 10.0. The molecule has 0 N–H and O–H groups in total. The van der Waals surface area contributed by atoms with Crippen LogP contribution in [0.15, 0.2) is 18.2 Å². The van der Waals surface area contributed by atoms with Crippen LogP contribution in [-0.4, -0.2) is 5.78 Å². The number of rotatable bonds is 1. The minimum atomic E-state index is -0.105. The highest BCUT2D eigenvalue weighted by atomic mass is 16.1. The number of hydrogen-bond acceptors (Lipinski definition) is 1. The molecule has 0 saturated heterocycles. The Kier molecular flexibility index (Phi) is 2.08. The molecule has 0 unspecified atom stereocenters. The maximum Gasteiger partial charge on any atom is 0.163 e. The third kappa shape index (κ3) is 1.67. The Hall–Kier alpha value is -1.11. The van der Waals surface area contributed by atoms with Gasteiger partial charge in [0.05, 0.1) is 0 Å². The average molecular weight is 147 g/mol. The van der Waals surface area contributed by atoms with Gasteiger partial charge in [0.15, 0.2) is 5.78 Å². The fourth-order valence-corrected chi connectivity index (χ4v) is 1.04. The van der Waals surface area contributed by atoms with E-state index in [1.807, 2.05) is 32.0 Å². The van der Waals surface area contributed by atoms with Gasteiger partial charge in [-0.2, -0.15) is 0 Å². The monoisotopic (exact) mass is 147 g/mol. The van der Waals surface area contributed by atoms with Crippen LogP contribution >= 0.6 is 0 Å². The number of Topliss-reactive ketones (excluding diaryl/α,β-unsaturated/α-hetero) is 1. The molecule has 0 heterocycles. The van der Waals surface area contributed by atoms with Gasteiger partial charge in [-0.15, -0.1) is 0 Å². The molecule has 0 spiro atoms. The Morgan fingerprint density at radius 3 is 2.45 bits per heavy atom. The molecule has 0 atom stereocenters. The minimum Gasteiger partial charge on any atom is -0.294 e. The van der Waals surface area contributed by atoms with Crippen LogP contribution in [0.4, 0.5) is 0 Å². The molecule has 0 amide bonds. The number of ketones is 1. The van der Waals surface area contributed by atoms with Gasteiger partial charge in [0, 0.05) is 12.5 Å². The Morgan fingerprint density at radius 1 is 1.36 bits per heavy atom. The smallest absolute Gasteiger partial charge is 0.163 e. The van der Waals surface area contributed by atoms with Crippen LogP contribution in [-0.2, 0) is 0 Å². The molecule has 1 rings (SSSR count). The molecule has 1 nitrogen and oxygen atoms in total. The van der Waals surface area contributed by atoms with E-state index in [2.05, 4.69) is 6.92 Å². The van der Waals surface area contributed by atoms with E-state index in [1.165, 1.54) is 0 Å². The lowest BCUT2D eigenvalue weighted by Crippen LogP contribution is -1.96. The van der Waals surface area contributed by atoms with Crippen molar-refractivity contribution in [3.8, 4) is 0 Å². The van der Waals surface area contributed by atoms with Crippen molar-refractivity contribution >= 4 is 5.78 Å². The van der Waals surface area contributed by atoms with Crippen molar-refractivity contribution in [2.24, 2.45) is 0 Å².